The van der Waals surface area contributed by atoms with Crippen molar-refractivity contribution in [1.29, 1.82) is 0 Å². The predicted molar refractivity (Wildman–Crippen MR) is 111 cm³/mol. The molecule has 0 heterocycles. The Labute approximate surface area is 170 Å². The minimum Gasteiger partial charge on any atom is -0.379 e. The van der Waals surface area contributed by atoms with Gasteiger partial charge in [0.05, 0.1) is 24.6 Å². The van der Waals surface area contributed by atoms with E-state index in [-0.39, 0.29) is 42.2 Å². The molecule has 0 aliphatic carbocycles. The molecule has 8 heteroatoms. The van der Waals surface area contributed by atoms with E-state index in [9.17, 15) is 14.4 Å². The molecule has 3 amide bonds. The van der Waals surface area contributed by atoms with Crippen LogP contribution < -0.4 is 11.1 Å². The predicted octanol–water partition coefficient (Wildman–Crippen LogP) is 0.841. The average Bonchev–Trinajstić information content (AvgIpc) is 2.58. The SMILES string of the molecule is CC[C@H](C)[C@@H]([C@@H](CC(N)=O)OC)N(C)C(=O)[C@H](C)NC(=O)[C@H](C(C)C)N(C)C. The highest BCUT2D eigenvalue weighted by atomic mass is 16.5. The number of rotatable bonds is 12. The Morgan fingerprint density at radius 3 is 1.96 bits per heavy atom. The first kappa shape index (κ1) is 26.3. The summed E-state index contributed by atoms with van der Waals surface area (Å²) < 4.78 is 5.49. The number of ether oxygens (including phenoxy) is 1. The molecule has 0 saturated heterocycles. The number of likely N-dealkylation sites (N-methyl/N-ethyl adjacent to an activating group) is 2. The van der Waals surface area contributed by atoms with E-state index in [1.807, 2.05) is 46.7 Å². The first-order valence-electron chi connectivity index (χ1n) is 9.93. The molecular formula is C20H40N4O4. The Balaban J connectivity index is 5.42. The van der Waals surface area contributed by atoms with Gasteiger partial charge < -0.3 is 20.7 Å². The van der Waals surface area contributed by atoms with E-state index in [0.29, 0.717) is 0 Å². The smallest absolute Gasteiger partial charge is 0.244 e. The topological polar surface area (TPSA) is 105 Å². The van der Waals surface area contributed by atoms with Crippen molar-refractivity contribution in [3.05, 3.63) is 0 Å². The van der Waals surface area contributed by atoms with Crippen molar-refractivity contribution in [3.63, 3.8) is 0 Å². The zero-order chi connectivity index (χ0) is 22.2. The fraction of sp³-hybridized carbons (Fsp3) is 0.850. The molecule has 164 valence electrons. The Kier molecular flexibility index (Phi) is 11.3. The van der Waals surface area contributed by atoms with Crippen LogP contribution in [0.3, 0.4) is 0 Å². The van der Waals surface area contributed by atoms with Gasteiger partial charge in [-0.2, -0.15) is 0 Å². The molecule has 0 fully saturated rings. The Morgan fingerprint density at radius 2 is 1.61 bits per heavy atom. The lowest BCUT2D eigenvalue weighted by atomic mass is 9.90. The molecule has 3 N–H and O–H groups in total. The molecule has 0 aliphatic heterocycles. The fourth-order valence-corrected chi connectivity index (χ4v) is 3.73. The van der Waals surface area contributed by atoms with Crippen molar-refractivity contribution in [1.82, 2.24) is 15.1 Å². The van der Waals surface area contributed by atoms with Gasteiger partial charge in [0.1, 0.15) is 6.04 Å². The maximum absolute atomic E-state index is 13.0. The Morgan fingerprint density at radius 1 is 1.07 bits per heavy atom. The van der Waals surface area contributed by atoms with Gasteiger partial charge in [-0.25, -0.2) is 0 Å². The third-order valence-electron chi connectivity index (χ3n) is 5.29. The summed E-state index contributed by atoms with van der Waals surface area (Å²) in [6.07, 6.45) is 0.326. The van der Waals surface area contributed by atoms with Crippen molar-refractivity contribution < 1.29 is 19.1 Å². The van der Waals surface area contributed by atoms with Crippen LogP contribution >= 0.6 is 0 Å². The lowest BCUT2D eigenvalue weighted by Gasteiger charge is -2.39. The zero-order valence-electron chi connectivity index (χ0n) is 19.0. The number of nitrogens with zero attached hydrogens (tertiary/aromatic N) is 2. The largest absolute Gasteiger partial charge is 0.379 e. The number of hydrogen-bond acceptors (Lipinski definition) is 5. The zero-order valence-corrected chi connectivity index (χ0v) is 19.0. The summed E-state index contributed by atoms with van der Waals surface area (Å²) in [7, 11) is 6.88. The number of methoxy groups -OCH3 is 1. The van der Waals surface area contributed by atoms with Gasteiger partial charge in [-0.15, -0.1) is 0 Å². The van der Waals surface area contributed by atoms with Gasteiger partial charge in [-0.1, -0.05) is 34.1 Å². The quantitative estimate of drug-likeness (QED) is 0.505. The Hall–Kier alpha value is -1.67. The molecule has 0 aromatic heterocycles. The van der Waals surface area contributed by atoms with Gasteiger partial charge >= 0.3 is 0 Å². The van der Waals surface area contributed by atoms with E-state index in [1.54, 1.807) is 18.9 Å². The molecule has 0 rings (SSSR count). The lowest BCUT2D eigenvalue weighted by Crippen LogP contribution is -2.57. The van der Waals surface area contributed by atoms with E-state index < -0.39 is 18.1 Å². The van der Waals surface area contributed by atoms with Crippen LogP contribution in [0.4, 0.5) is 0 Å². The van der Waals surface area contributed by atoms with E-state index in [1.165, 1.54) is 7.11 Å². The van der Waals surface area contributed by atoms with Crippen LogP contribution in [0.2, 0.25) is 0 Å². The summed E-state index contributed by atoms with van der Waals surface area (Å²) in [5.74, 6) is -0.697. The monoisotopic (exact) mass is 400 g/mol. The number of hydrogen-bond donors (Lipinski definition) is 2. The second-order valence-electron chi connectivity index (χ2n) is 8.15. The summed E-state index contributed by atoms with van der Waals surface area (Å²) in [6.45, 7) is 9.63. The fourth-order valence-electron chi connectivity index (χ4n) is 3.73. The lowest BCUT2D eigenvalue weighted by molar-refractivity contribution is -0.142. The number of amides is 3. The van der Waals surface area contributed by atoms with Gasteiger partial charge in [0.25, 0.3) is 0 Å². The molecule has 0 aromatic carbocycles. The molecule has 0 unspecified atom stereocenters. The summed E-state index contributed by atoms with van der Waals surface area (Å²) in [5.41, 5.74) is 5.36. The summed E-state index contributed by atoms with van der Waals surface area (Å²) >= 11 is 0. The molecule has 5 atom stereocenters. The molecule has 0 aromatic rings. The van der Waals surface area contributed by atoms with Crippen LogP contribution in [0.15, 0.2) is 0 Å². The minimum atomic E-state index is -0.698. The summed E-state index contributed by atoms with van der Waals surface area (Å²) in [6, 6.07) is -1.35. The first-order valence-corrected chi connectivity index (χ1v) is 9.93. The summed E-state index contributed by atoms with van der Waals surface area (Å²) in [5, 5.41) is 2.83. The van der Waals surface area contributed by atoms with E-state index >= 15 is 0 Å². The van der Waals surface area contributed by atoms with Crippen LogP contribution in [0.1, 0.15) is 47.5 Å². The maximum atomic E-state index is 13.0. The second-order valence-corrected chi connectivity index (χ2v) is 8.15. The molecule has 0 bridgehead atoms. The number of primary amides is 1. The van der Waals surface area contributed by atoms with Crippen molar-refractivity contribution in [2.24, 2.45) is 17.6 Å². The van der Waals surface area contributed by atoms with Crippen molar-refractivity contribution in [2.75, 3.05) is 28.3 Å². The summed E-state index contributed by atoms with van der Waals surface area (Å²) in [4.78, 5) is 40.5. The third kappa shape index (κ3) is 7.39. The number of carbonyl (C=O) groups excluding carboxylic acids is 3. The molecule has 0 spiro atoms. The van der Waals surface area contributed by atoms with Crippen molar-refractivity contribution in [3.8, 4) is 0 Å². The normalized spacial score (nSPS) is 17.0. The molecule has 28 heavy (non-hydrogen) atoms. The second kappa shape index (κ2) is 12.0. The highest BCUT2D eigenvalue weighted by Crippen LogP contribution is 2.22. The van der Waals surface area contributed by atoms with Gasteiger partial charge in [-0.3, -0.25) is 19.3 Å². The minimum absolute atomic E-state index is 0.0277. The molecular weight excluding hydrogens is 360 g/mol. The molecule has 8 nitrogen and oxygen atoms in total. The van der Waals surface area contributed by atoms with Crippen molar-refractivity contribution >= 4 is 17.7 Å². The number of nitrogens with two attached hydrogens (primary N) is 1. The highest BCUT2D eigenvalue weighted by molar-refractivity contribution is 5.89. The highest BCUT2D eigenvalue weighted by Gasteiger charge is 2.36. The van der Waals surface area contributed by atoms with Gasteiger partial charge in [-0.05, 0) is 32.9 Å². The first-order chi connectivity index (χ1) is 12.9. The van der Waals surface area contributed by atoms with Gasteiger partial charge in [0.2, 0.25) is 17.7 Å². The Bertz CT molecular complexity index is 516. The van der Waals surface area contributed by atoms with Gasteiger partial charge in [0.15, 0.2) is 0 Å². The standard InChI is InChI=1S/C20H40N4O4/c1-10-13(4)18(15(28-9)11-16(21)25)24(8)20(27)14(5)22-19(26)17(12(2)3)23(6)7/h12-15,17-18H,10-11H2,1-9H3,(H2,21,25)(H,22,26)/t13-,14-,15+,17-,18-/m0/s1. The van der Waals surface area contributed by atoms with Gasteiger partial charge in [0, 0.05) is 14.2 Å². The van der Waals surface area contributed by atoms with Crippen LogP contribution in [-0.4, -0.2) is 80.0 Å². The van der Waals surface area contributed by atoms with E-state index in [0.717, 1.165) is 6.42 Å². The average molecular weight is 401 g/mol. The third-order valence-corrected chi connectivity index (χ3v) is 5.29. The van der Waals surface area contributed by atoms with Crippen molar-refractivity contribution in [2.45, 2.75) is 71.7 Å². The number of nitrogens with one attached hydrogen (secondary N) is 1. The van der Waals surface area contributed by atoms with Crippen LogP contribution in [0, 0.1) is 11.8 Å². The maximum Gasteiger partial charge on any atom is 0.244 e. The van der Waals surface area contributed by atoms with E-state index in [4.69, 9.17) is 10.5 Å². The molecule has 0 aliphatic rings. The van der Waals surface area contributed by atoms with E-state index in [2.05, 4.69) is 5.32 Å². The van der Waals surface area contributed by atoms with Crippen LogP contribution in [-0.2, 0) is 19.1 Å². The molecule has 0 radical (unpaired) electrons. The number of carbonyl (C=O) groups is 3. The van der Waals surface area contributed by atoms with Crippen LogP contribution in [0.25, 0.3) is 0 Å². The molecule has 0 saturated carbocycles. The van der Waals surface area contributed by atoms with Crippen LogP contribution in [0.5, 0.6) is 0 Å².